The van der Waals surface area contributed by atoms with Crippen molar-refractivity contribution in [1.29, 1.82) is 0 Å². The molecular formula is C22H15ClFN3O3S2. The number of anilines is 1. The number of benzene rings is 3. The largest absolute Gasteiger partial charge is 0.320 e. The van der Waals surface area contributed by atoms with Crippen molar-refractivity contribution in [3.05, 3.63) is 88.6 Å². The van der Waals surface area contributed by atoms with Crippen LogP contribution in [0, 0.1) is 5.82 Å². The van der Waals surface area contributed by atoms with E-state index in [0.29, 0.717) is 32.4 Å². The van der Waals surface area contributed by atoms with E-state index in [4.69, 9.17) is 16.7 Å². The van der Waals surface area contributed by atoms with Crippen molar-refractivity contribution in [2.75, 3.05) is 5.32 Å². The van der Waals surface area contributed by atoms with Crippen LogP contribution in [0.15, 0.2) is 77.7 Å². The van der Waals surface area contributed by atoms with Gasteiger partial charge in [0.2, 0.25) is 10.0 Å². The van der Waals surface area contributed by atoms with E-state index in [1.54, 1.807) is 48.5 Å². The molecule has 0 unspecified atom stereocenters. The van der Waals surface area contributed by atoms with Gasteiger partial charge in [0, 0.05) is 16.3 Å². The van der Waals surface area contributed by atoms with E-state index in [9.17, 15) is 17.6 Å². The molecule has 0 radical (unpaired) electrons. The SMILES string of the molecule is NS(=O)(=O)c1ccc(-c2nc(C(=O)Nc3ccc(Cl)cc3)sc2-c2ccc(F)cc2)cc1. The van der Waals surface area contributed by atoms with Crippen LogP contribution in [0.5, 0.6) is 0 Å². The molecule has 3 N–H and O–H groups in total. The first kappa shape index (κ1) is 22.1. The number of nitrogens with two attached hydrogens (primary N) is 1. The zero-order valence-corrected chi connectivity index (χ0v) is 18.6. The first-order valence-corrected chi connectivity index (χ1v) is 11.9. The van der Waals surface area contributed by atoms with Gasteiger partial charge in [0.25, 0.3) is 5.91 Å². The average Bonchev–Trinajstić information content (AvgIpc) is 3.21. The summed E-state index contributed by atoms with van der Waals surface area (Å²) in [5.41, 5.74) is 2.26. The maximum atomic E-state index is 13.4. The molecule has 0 bridgehead atoms. The van der Waals surface area contributed by atoms with E-state index in [-0.39, 0.29) is 9.90 Å². The molecule has 0 fully saturated rings. The van der Waals surface area contributed by atoms with E-state index in [1.807, 2.05) is 0 Å². The normalized spacial score (nSPS) is 11.3. The number of thiazole rings is 1. The van der Waals surface area contributed by atoms with Crippen LogP contribution >= 0.6 is 22.9 Å². The summed E-state index contributed by atoms with van der Waals surface area (Å²) < 4.78 is 36.5. The number of primary sulfonamides is 1. The average molecular weight is 488 g/mol. The molecule has 32 heavy (non-hydrogen) atoms. The van der Waals surface area contributed by atoms with Crippen LogP contribution in [-0.2, 0) is 10.0 Å². The van der Waals surface area contributed by atoms with Crippen molar-refractivity contribution in [2.45, 2.75) is 4.90 Å². The molecule has 0 atom stereocenters. The highest BCUT2D eigenvalue weighted by molar-refractivity contribution is 7.89. The number of hydrogen-bond donors (Lipinski definition) is 2. The quantitative estimate of drug-likeness (QED) is 0.405. The molecule has 1 aromatic heterocycles. The first-order valence-electron chi connectivity index (χ1n) is 9.17. The predicted octanol–water partition coefficient (Wildman–Crippen LogP) is 5.17. The fourth-order valence-electron chi connectivity index (χ4n) is 2.93. The summed E-state index contributed by atoms with van der Waals surface area (Å²) in [4.78, 5) is 17.9. The first-order chi connectivity index (χ1) is 15.2. The van der Waals surface area contributed by atoms with Crippen LogP contribution in [0.4, 0.5) is 10.1 Å². The molecule has 0 aliphatic rings. The highest BCUT2D eigenvalue weighted by Crippen LogP contribution is 2.37. The lowest BCUT2D eigenvalue weighted by molar-refractivity contribution is 0.102. The van der Waals surface area contributed by atoms with Gasteiger partial charge in [-0.25, -0.2) is 22.9 Å². The second-order valence-corrected chi connectivity index (χ2v) is 9.73. The molecule has 6 nitrogen and oxygen atoms in total. The highest BCUT2D eigenvalue weighted by Gasteiger charge is 2.20. The van der Waals surface area contributed by atoms with Crippen LogP contribution in [0.1, 0.15) is 9.80 Å². The molecule has 162 valence electrons. The van der Waals surface area contributed by atoms with Crippen LogP contribution in [0.3, 0.4) is 0 Å². The predicted molar refractivity (Wildman–Crippen MR) is 124 cm³/mol. The number of halogens is 2. The summed E-state index contributed by atoms with van der Waals surface area (Å²) in [5, 5.41) is 8.66. The summed E-state index contributed by atoms with van der Waals surface area (Å²) >= 11 is 7.02. The third-order valence-electron chi connectivity index (χ3n) is 4.49. The zero-order chi connectivity index (χ0) is 22.9. The maximum absolute atomic E-state index is 13.4. The van der Waals surface area contributed by atoms with Crippen LogP contribution < -0.4 is 10.5 Å². The van der Waals surface area contributed by atoms with Gasteiger partial charge in [-0.2, -0.15) is 0 Å². The number of amides is 1. The summed E-state index contributed by atoms with van der Waals surface area (Å²) in [6.45, 7) is 0. The third kappa shape index (κ3) is 4.86. The molecule has 1 amide bonds. The monoisotopic (exact) mass is 487 g/mol. The molecule has 0 saturated heterocycles. The van der Waals surface area contributed by atoms with Gasteiger partial charge >= 0.3 is 0 Å². The number of nitrogens with zero attached hydrogens (tertiary/aromatic N) is 1. The summed E-state index contributed by atoms with van der Waals surface area (Å²) in [7, 11) is -3.85. The number of aromatic nitrogens is 1. The maximum Gasteiger partial charge on any atom is 0.284 e. The molecule has 4 rings (SSSR count). The van der Waals surface area contributed by atoms with Crippen molar-refractivity contribution < 1.29 is 17.6 Å². The van der Waals surface area contributed by atoms with Gasteiger partial charge in [-0.1, -0.05) is 35.9 Å². The number of nitrogens with one attached hydrogen (secondary N) is 1. The number of sulfonamides is 1. The molecule has 10 heteroatoms. The van der Waals surface area contributed by atoms with Gasteiger partial charge in [0.1, 0.15) is 5.82 Å². The molecule has 0 spiro atoms. The second-order valence-electron chi connectivity index (χ2n) is 6.73. The van der Waals surface area contributed by atoms with Crippen molar-refractivity contribution >= 4 is 44.6 Å². The molecule has 4 aromatic rings. The minimum absolute atomic E-state index is 0.0412. The molecule has 0 aliphatic carbocycles. The Morgan fingerprint density at radius 3 is 2.12 bits per heavy atom. The number of carbonyl (C=O) groups is 1. The van der Waals surface area contributed by atoms with Crippen LogP contribution in [0.25, 0.3) is 21.7 Å². The Labute approximate surface area is 192 Å². The number of carbonyl (C=O) groups excluding carboxylic acids is 1. The van der Waals surface area contributed by atoms with Gasteiger partial charge in [0.15, 0.2) is 5.01 Å². The molecular weight excluding hydrogens is 473 g/mol. The van der Waals surface area contributed by atoms with Gasteiger partial charge in [-0.15, -0.1) is 11.3 Å². The Hall–Kier alpha value is -3.11. The lowest BCUT2D eigenvalue weighted by Crippen LogP contribution is -2.12. The standard InChI is InChI=1S/C22H15ClFN3O3S2/c23-15-5-9-17(10-6-15)26-21(28)22-27-19(13-3-11-18(12-4-13)32(25,29)30)20(31-22)14-1-7-16(24)8-2-14/h1-12H,(H,26,28)(H2,25,29,30). The highest BCUT2D eigenvalue weighted by atomic mass is 35.5. The minimum Gasteiger partial charge on any atom is -0.320 e. The molecule has 0 aliphatic heterocycles. The van der Waals surface area contributed by atoms with Gasteiger partial charge in [-0.05, 0) is 54.1 Å². The molecule has 0 saturated carbocycles. The fraction of sp³-hybridized carbons (Fsp3) is 0. The van der Waals surface area contributed by atoms with Gasteiger partial charge in [0.05, 0.1) is 15.5 Å². The molecule has 3 aromatic carbocycles. The van der Waals surface area contributed by atoms with E-state index in [2.05, 4.69) is 10.3 Å². The minimum atomic E-state index is -3.85. The van der Waals surface area contributed by atoms with Crippen molar-refractivity contribution in [3.63, 3.8) is 0 Å². The topological polar surface area (TPSA) is 102 Å². The number of hydrogen-bond acceptors (Lipinski definition) is 5. The Morgan fingerprint density at radius 1 is 0.938 bits per heavy atom. The van der Waals surface area contributed by atoms with Crippen molar-refractivity contribution in [3.8, 4) is 21.7 Å². The smallest absolute Gasteiger partial charge is 0.284 e. The number of rotatable bonds is 5. The lowest BCUT2D eigenvalue weighted by atomic mass is 10.1. The fourth-order valence-corrected chi connectivity index (χ4v) is 4.56. The summed E-state index contributed by atoms with van der Waals surface area (Å²) in [5.74, 6) is -0.814. The second kappa shape index (κ2) is 8.79. The molecule has 1 heterocycles. The van der Waals surface area contributed by atoms with E-state index < -0.39 is 21.7 Å². The van der Waals surface area contributed by atoms with Gasteiger partial charge in [-0.3, -0.25) is 4.79 Å². The van der Waals surface area contributed by atoms with E-state index >= 15 is 0 Å². The lowest BCUT2D eigenvalue weighted by Gasteiger charge is -2.04. The van der Waals surface area contributed by atoms with Crippen molar-refractivity contribution in [1.82, 2.24) is 4.98 Å². The summed E-state index contributed by atoms with van der Waals surface area (Å²) in [6, 6.07) is 18.3. The van der Waals surface area contributed by atoms with Crippen molar-refractivity contribution in [2.24, 2.45) is 5.14 Å². The van der Waals surface area contributed by atoms with Gasteiger partial charge < -0.3 is 5.32 Å². The van der Waals surface area contributed by atoms with Crippen LogP contribution in [0.2, 0.25) is 5.02 Å². The third-order valence-corrected chi connectivity index (χ3v) is 6.77. The summed E-state index contributed by atoms with van der Waals surface area (Å²) in [6.07, 6.45) is 0. The van der Waals surface area contributed by atoms with Crippen LogP contribution in [-0.4, -0.2) is 19.3 Å². The van der Waals surface area contributed by atoms with E-state index in [1.165, 1.54) is 24.3 Å². The Balaban J connectivity index is 1.75. The zero-order valence-electron chi connectivity index (χ0n) is 16.2. The Kier molecular flexibility index (Phi) is 6.07. The Bertz CT molecular complexity index is 1390. The Morgan fingerprint density at radius 2 is 1.53 bits per heavy atom. The van der Waals surface area contributed by atoms with E-state index in [0.717, 1.165) is 11.3 Å².